The van der Waals surface area contributed by atoms with Crippen molar-refractivity contribution >= 4 is 22.8 Å². The number of benzene rings is 1. The first-order chi connectivity index (χ1) is 9.37. The van der Waals surface area contributed by atoms with Gasteiger partial charge in [0.1, 0.15) is 11.4 Å². The normalized spacial score (nSPS) is 11.4. The van der Waals surface area contributed by atoms with E-state index in [1.165, 1.54) is 0 Å². The summed E-state index contributed by atoms with van der Waals surface area (Å²) in [4.78, 5) is 16.0. The Hall–Kier alpha value is -2.14. The number of aromatic nitrogens is 1. The molecule has 0 fully saturated rings. The summed E-state index contributed by atoms with van der Waals surface area (Å²) in [7, 11) is 0. The van der Waals surface area contributed by atoms with E-state index < -0.39 is 11.7 Å². The first-order valence-corrected chi connectivity index (χ1v) is 6.38. The van der Waals surface area contributed by atoms with Crippen LogP contribution < -0.4 is 5.32 Å². The van der Waals surface area contributed by atoms with Crippen LogP contribution in [-0.2, 0) is 11.3 Å². The molecule has 0 saturated carbocycles. The summed E-state index contributed by atoms with van der Waals surface area (Å²) in [6, 6.07) is 9.08. The van der Waals surface area contributed by atoms with Gasteiger partial charge in [-0.2, -0.15) is 0 Å². The number of rotatable bonds is 2. The highest BCUT2D eigenvalue weighted by Crippen LogP contribution is 2.18. The number of nitrogens with one attached hydrogen (secondary N) is 1. The lowest BCUT2D eigenvalue weighted by Gasteiger charge is -2.19. The number of anilines is 1. The SMILES string of the molecule is CC(C)(C)OC(=O)Nc1ccc2ccc(CO)cc2n1. The topological polar surface area (TPSA) is 71.5 Å². The molecule has 1 aromatic carbocycles. The standard InChI is InChI=1S/C15H18N2O3/c1-15(2,3)20-14(19)17-13-7-6-11-5-4-10(9-18)8-12(11)16-13/h4-8,18H,9H2,1-3H3,(H,16,17,19). The predicted molar refractivity (Wildman–Crippen MR) is 77.5 cm³/mol. The van der Waals surface area contributed by atoms with E-state index in [2.05, 4.69) is 10.3 Å². The van der Waals surface area contributed by atoms with Crippen LogP contribution in [0.25, 0.3) is 10.9 Å². The average molecular weight is 274 g/mol. The molecule has 2 rings (SSSR count). The highest BCUT2D eigenvalue weighted by atomic mass is 16.6. The van der Waals surface area contributed by atoms with Crippen LogP contribution in [0.3, 0.4) is 0 Å². The molecular formula is C15H18N2O3. The second-order valence-corrected chi connectivity index (χ2v) is 5.51. The van der Waals surface area contributed by atoms with Gasteiger partial charge in [-0.1, -0.05) is 12.1 Å². The number of fused-ring (bicyclic) bond motifs is 1. The van der Waals surface area contributed by atoms with Gasteiger partial charge in [0, 0.05) is 5.39 Å². The third kappa shape index (κ3) is 3.68. The van der Waals surface area contributed by atoms with E-state index in [0.29, 0.717) is 11.3 Å². The summed E-state index contributed by atoms with van der Waals surface area (Å²) in [5.41, 5.74) is 0.940. The van der Waals surface area contributed by atoms with Crippen LogP contribution >= 0.6 is 0 Å². The Morgan fingerprint density at radius 3 is 2.65 bits per heavy atom. The maximum Gasteiger partial charge on any atom is 0.413 e. The largest absolute Gasteiger partial charge is 0.444 e. The minimum atomic E-state index is -0.551. The van der Waals surface area contributed by atoms with E-state index in [-0.39, 0.29) is 6.61 Å². The lowest BCUT2D eigenvalue weighted by molar-refractivity contribution is 0.0635. The molecule has 0 unspecified atom stereocenters. The van der Waals surface area contributed by atoms with Gasteiger partial charge in [-0.25, -0.2) is 9.78 Å². The molecule has 0 aliphatic heterocycles. The first kappa shape index (κ1) is 14.3. The lowest BCUT2D eigenvalue weighted by atomic mass is 10.1. The van der Waals surface area contributed by atoms with E-state index >= 15 is 0 Å². The van der Waals surface area contributed by atoms with Crippen molar-refractivity contribution < 1.29 is 14.6 Å². The van der Waals surface area contributed by atoms with Crippen LogP contribution in [0, 0.1) is 0 Å². The van der Waals surface area contributed by atoms with E-state index in [0.717, 1.165) is 10.9 Å². The van der Waals surface area contributed by atoms with Crippen molar-refractivity contribution in [2.24, 2.45) is 0 Å². The van der Waals surface area contributed by atoms with Gasteiger partial charge in [0.05, 0.1) is 12.1 Å². The number of hydrogen-bond acceptors (Lipinski definition) is 4. The van der Waals surface area contributed by atoms with Crippen molar-refractivity contribution in [3.63, 3.8) is 0 Å². The van der Waals surface area contributed by atoms with Crippen molar-refractivity contribution in [3.8, 4) is 0 Å². The molecule has 106 valence electrons. The number of aliphatic hydroxyl groups excluding tert-OH is 1. The van der Waals surface area contributed by atoms with Crippen LogP contribution in [0.4, 0.5) is 10.6 Å². The fourth-order valence-corrected chi connectivity index (χ4v) is 1.74. The molecule has 0 radical (unpaired) electrons. The van der Waals surface area contributed by atoms with Gasteiger partial charge in [-0.3, -0.25) is 5.32 Å². The summed E-state index contributed by atoms with van der Waals surface area (Å²) >= 11 is 0. The Morgan fingerprint density at radius 1 is 1.30 bits per heavy atom. The average Bonchev–Trinajstić information content (AvgIpc) is 2.35. The minimum Gasteiger partial charge on any atom is -0.444 e. The smallest absolute Gasteiger partial charge is 0.413 e. The molecule has 0 spiro atoms. The maximum absolute atomic E-state index is 11.7. The second-order valence-electron chi connectivity index (χ2n) is 5.51. The molecule has 0 aliphatic carbocycles. The number of amides is 1. The highest BCUT2D eigenvalue weighted by Gasteiger charge is 2.16. The van der Waals surface area contributed by atoms with Gasteiger partial charge in [0.15, 0.2) is 0 Å². The Balaban J connectivity index is 2.20. The van der Waals surface area contributed by atoms with E-state index in [1.54, 1.807) is 32.9 Å². The molecule has 1 amide bonds. The molecule has 0 saturated heterocycles. The molecule has 0 atom stereocenters. The highest BCUT2D eigenvalue weighted by molar-refractivity contribution is 5.87. The first-order valence-electron chi connectivity index (χ1n) is 6.38. The molecule has 1 aromatic heterocycles. The monoisotopic (exact) mass is 274 g/mol. The zero-order chi connectivity index (χ0) is 14.8. The molecule has 5 heteroatoms. The minimum absolute atomic E-state index is 0.0403. The zero-order valence-corrected chi connectivity index (χ0v) is 11.8. The van der Waals surface area contributed by atoms with Gasteiger partial charge in [0.25, 0.3) is 0 Å². The van der Waals surface area contributed by atoms with Crippen LogP contribution in [-0.4, -0.2) is 21.8 Å². The quantitative estimate of drug-likeness (QED) is 0.882. The fourth-order valence-electron chi connectivity index (χ4n) is 1.74. The summed E-state index contributed by atoms with van der Waals surface area (Å²) in [6.07, 6.45) is -0.539. The number of carbonyl (C=O) groups is 1. The maximum atomic E-state index is 11.7. The van der Waals surface area contributed by atoms with Crippen molar-refractivity contribution in [3.05, 3.63) is 35.9 Å². The summed E-state index contributed by atoms with van der Waals surface area (Å²) in [5, 5.41) is 12.7. The van der Waals surface area contributed by atoms with Gasteiger partial charge in [-0.05, 0) is 44.5 Å². The Labute approximate surface area is 117 Å². The van der Waals surface area contributed by atoms with Crippen molar-refractivity contribution in [1.29, 1.82) is 0 Å². The molecule has 20 heavy (non-hydrogen) atoms. The number of carbonyl (C=O) groups excluding carboxylic acids is 1. The molecule has 5 nitrogen and oxygen atoms in total. The van der Waals surface area contributed by atoms with Crippen molar-refractivity contribution in [2.45, 2.75) is 33.0 Å². The van der Waals surface area contributed by atoms with Gasteiger partial charge < -0.3 is 9.84 Å². The Bertz CT molecular complexity index is 633. The molecule has 0 aliphatic rings. The van der Waals surface area contributed by atoms with Crippen LogP contribution in [0.2, 0.25) is 0 Å². The second kappa shape index (κ2) is 5.46. The fraction of sp³-hybridized carbons (Fsp3) is 0.333. The molecule has 2 N–H and O–H groups in total. The van der Waals surface area contributed by atoms with Crippen LogP contribution in [0.1, 0.15) is 26.3 Å². The predicted octanol–water partition coefficient (Wildman–Crippen LogP) is 3.07. The van der Waals surface area contributed by atoms with Crippen molar-refractivity contribution in [2.75, 3.05) is 5.32 Å². The van der Waals surface area contributed by atoms with E-state index in [4.69, 9.17) is 9.84 Å². The zero-order valence-electron chi connectivity index (χ0n) is 11.8. The number of hydrogen-bond donors (Lipinski definition) is 2. The van der Waals surface area contributed by atoms with Crippen molar-refractivity contribution in [1.82, 2.24) is 4.98 Å². The van der Waals surface area contributed by atoms with Gasteiger partial charge in [-0.15, -0.1) is 0 Å². The van der Waals surface area contributed by atoms with Gasteiger partial charge in [0.2, 0.25) is 0 Å². The van der Waals surface area contributed by atoms with Crippen LogP contribution in [0.15, 0.2) is 30.3 Å². The Kier molecular flexibility index (Phi) is 3.90. The van der Waals surface area contributed by atoms with E-state index in [9.17, 15) is 4.79 Å². The van der Waals surface area contributed by atoms with Gasteiger partial charge >= 0.3 is 6.09 Å². The number of nitrogens with zero attached hydrogens (tertiary/aromatic N) is 1. The number of aliphatic hydroxyl groups is 1. The lowest BCUT2D eigenvalue weighted by Crippen LogP contribution is -2.27. The number of ether oxygens (including phenoxy) is 1. The molecule has 0 bridgehead atoms. The van der Waals surface area contributed by atoms with Crippen LogP contribution in [0.5, 0.6) is 0 Å². The summed E-state index contributed by atoms with van der Waals surface area (Å²) < 4.78 is 5.17. The third-order valence-corrected chi connectivity index (χ3v) is 2.57. The molecule has 2 aromatic rings. The third-order valence-electron chi connectivity index (χ3n) is 2.57. The summed E-state index contributed by atoms with van der Waals surface area (Å²) in [6.45, 7) is 5.36. The summed E-state index contributed by atoms with van der Waals surface area (Å²) in [5.74, 6) is 0.418. The molecule has 1 heterocycles. The van der Waals surface area contributed by atoms with E-state index in [1.807, 2.05) is 18.2 Å². The number of pyridine rings is 1. The Morgan fingerprint density at radius 2 is 2.00 bits per heavy atom. The molecular weight excluding hydrogens is 256 g/mol.